The van der Waals surface area contributed by atoms with Gasteiger partial charge in [-0.25, -0.2) is 9.98 Å². The van der Waals surface area contributed by atoms with E-state index in [1.807, 2.05) is 36.4 Å². The number of hydrogen-bond acceptors (Lipinski definition) is 8. The molecule has 7 rings (SSSR count). The number of aromatic nitrogens is 1. The number of piperazine rings is 1. The number of likely N-dealkylation sites (N-methyl/N-ethyl adjacent to an activating group) is 1. The fourth-order valence-electron chi connectivity index (χ4n) is 5.80. The molecule has 2 aromatic carbocycles. The first kappa shape index (κ1) is 24.1. The molecular formula is C30H32N6O3. The Morgan fingerprint density at radius 3 is 2.74 bits per heavy atom. The van der Waals surface area contributed by atoms with Gasteiger partial charge in [0.15, 0.2) is 5.82 Å². The predicted octanol–water partition coefficient (Wildman–Crippen LogP) is 3.21. The maximum atomic E-state index is 13.0. The van der Waals surface area contributed by atoms with Crippen LogP contribution in [0.3, 0.4) is 0 Å². The van der Waals surface area contributed by atoms with E-state index in [1.54, 1.807) is 6.20 Å². The summed E-state index contributed by atoms with van der Waals surface area (Å²) in [5, 5.41) is 3.18. The lowest BCUT2D eigenvalue weighted by atomic mass is 10.1. The lowest BCUT2D eigenvalue weighted by Gasteiger charge is -2.32. The zero-order chi connectivity index (χ0) is 26.5. The van der Waals surface area contributed by atoms with Crippen molar-refractivity contribution in [2.45, 2.75) is 37.5 Å². The number of ether oxygens (including phenoxy) is 2. The van der Waals surface area contributed by atoms with E-state index in [0.717, 1.165) is 67.5 Å². The number of benzene rings is 2. The van der Waals surface area contributed by atoms with Crippen LogP contribution >= 0.6 is 0 Å². The molecule has 0 radical (unpaired) electrons. The highest BCUT2D eigenvalue weighted by Crippen LogP contribution is 2.54. The van der Waals surface area contributed by atoms with Crippen molar-refractivity contribution in [1.82, 2.24) is 20.1 Å². The summed E-state index contributed by atoms with van der Waals surface area (Å²) in [5.41, 5.74) is 9.82. The molecule has 1 saturated heterocycles. The molecule has 1 aromatic heterocycles. The summed E-state index contributed by atoms with van der Waals surface area (Å²) in [5.74, 6) is 3.59. The van der Waals surface area contributed by atoms with Crippen LogP contribution in [0.5, 0.6) is 17.2 Å². The number of pyridine rings is 1. The SMILES string of the molecule is CN1CCN(Cc2ccc(C(=O)NC3C4Oc5ccc(Oc6ccnc7c6CCC(N)=N7)cc5C34)cc2)CC1. The summed E-state index contributed by atoms with van der Waals surface area (Å²) in [6.07, 6.45) is 3.09. The second kappa shape index (κ2) is 9.66. The van der Waals surface area contributed by atoms with E-state index in [0.29, 0.717) is 23.6 Å². The van der Waals surface area contributed by atoms with E-state index in [2.05, 4.69) is 44.3 Å². The summed E-state index contributed by atoms with van der Waals surface area (Å²) in [6.45, 7) is 5.26. The van der Waals surface area contributed by atoms with Crippen LogP contribution in [0.25, 0.3) is 0 Å². The molecule has 39 heavy (non-hydrogen) atoms. The lowest BCUT2D eigenvalue weighted by Crippen LogP contribution is -2.43. The molecule has 0 spiro atoms. The highest BCUT2D eigenvalue weighted by atomic mass is 16.5. The van der Waals surface area contributed by atoms with E-state index >= 15 is 0 Å². The normalized spacial score (nSPS) is 23.6. The number of nitrogens with two attached hydrogens (primary N) is 1. The molecule has 4 aliphatic rings. The summed E-state index contributed by atoms with van der Waals surface area (Å²) >= 11 is 0. The Morgan fingerprint density at radius 2 is 1.92 bits per heavy atom. The van der Waals surface area contributed by atoms with E-state index in [9.17, 15) is 4.79 Å². The van der Waals surface area contributed by atoms with Gasteiger partial charge in [-0.05, 0) is 55.4 Å². The number of carbonyl (C=O) groups is 1. The van der Waals surface area contributed by atoms with Crippen LogP contribution < -0.4 is 20.5 Å². The molecular weight excluding hydrogens is 492 g/mol. The molecule has 9 heteroatoms. The van der Waals surface area contributed by atoms with Crippen LogP contribution in [-0.4, -0.2) is 71.9 Å². The monoisotopic (exact) mass is 524 g/mol. The Morgan fingerprint density at radius 1 is 1.10 bits per heavy atom. The van der Waals surface area contributed by atoms with Crippen molar-refractivity contribution in [1.29, 1.82) is 0 Å². The molecule has 2 fully saturated rings. The van der Waals surface area contributed by atoms with Gasteiger partial charge >= 0.3 is 0 Å². The summed E-state index contributed by atoms with van der Waals surface area (Å²) in [6, 6.07) is 15.7. The number of nitrogens with one attached hydrogen (secondary N) is 1. The highest BCUT2D eigenvalue weighted by molar-refractivity contribution is 5.95. The van der Waals surface area contributed by atoms with Gasteiger partial charge in [0, 0.05) is 62.0 Å². The lowest BCUT2D eigenvalue weighted by molar-refractivity contribution is 0.0943. The van der Waals surface area contributed by atoms with Crippen molar-refractivity contribution in [2.75, 3.05) is 33.2 Å². The van der Waals surface area contributed by atoms with Gasteiger partial charge in [-0.2, -0.15) is 0 Å². The van der Waals surface area contributed by atoms with Crippen LogP contribution in [0.15, 0.2) is 59.7 Å². The largest absolute Gasteiger partial charge is 0.487 e. The second-order valence-electron chi connectivity index (χ2n) is 10.9. The van der Waals surface area contributed by atoms with Gasteiger partial charge in [0.25, 0.3) is 5.91 Å². The molecule has 1 saturated carbocycles. The third-order valence-electron chi connectivity index (χ3n) is 8.17. The first-order chi connectivity index (χ1) is 19.0. The number of hydrogen-bond donors (Lipinski definition) is 2. The fraction of sp³-hybridized carbons (Fsp3) is 0.367. The molecule has 3 unspecified atom stereocenters. The second-order valence-corrected chi connectivity index (χ2v) is 10.9. The molecule has 4 heterocycles. The van der Waals surface area contributed by atoms with Gasteiger partial charge in [0.1, 0.15) is 29.2 Å². The quantitative estimate of drug-likeness (QED) is 0.510. The van der Waals surface area contributed by atoms with Gasteiger partial charge in [-0.15, -0.1) is 0 Å². The van der Waals surface area contributed by atoms with Crippen LogP contribution in [0, 0.1) is 0 Å². The average molecular weight is 525 g/mol. The van der Waals surface area contributed by atoms with Crippen LogP contribution in [0.2, 0.25) is 0 Å². The minimum absolute atomic E-state index is 0.0401. The Labute approximate surface area is 227 Å². The number of rotatable bonds is 6. The molecule has 3 atom stereocenters. The molecule has 0 bridgehead atoms. The zero-order valence-corrected chi connectivity index (χ0v) is 22.0. The predicted molar refractivity (Wildman–Crippen MR) is 148 cm³/mol. The Balaban J connectivity index is 0.991. The minimum Gasteiger partial charge on any atom is -0.487 e. The Bertz CT molecular complexity index is 1450. The van der Waals surface area contributed by atoms with Gasteiger partial charge in [0.05, 0.1) is 12.0 Å². The van der Waals surface area contributed by atoms with E-state index in [-0.39, 0.29) is 24.0 Å². The standard InChI is InChI=1S/C30H32N6O3/c1-35-12-14-36(15-13-35)17-18-2-4-19(5-3-18)30(37)34-27-26-22-16-20(6-8-23(22)39-28(26)27)38-24-10-11-32-29-21(24)7-9-25(31)33-29/h2-6,8,10-11,16,26-28H,7,9,12-15,17H2,1H3,(H,34,37)(H2,31,32,33). The molecule has 9 nitrogen and oxygen atoms in total. The smallest absolute Gasteiger partial charge is 0.251 e. The van der Waals surface area contributed by atoms with Crippen molar-refractivity contribution in [3.05, 3.63) is 77.0 Å². The molecule has 1 aliphatic carbocycles. The average Bonchev–Trinajstić information content (AvgIpc) is 3.46. The van der Waals surface area contributed by atoms with Gasteiger partial charge in [0.2, 0.25) is 0 Å². The van der Waals surface area contributed by atoms with Crippen LogP contribution in [-0.2, 0) is 13.0 Å². The number of nitrogens with zero attached hydrogens (tertiary/aromatic N) is 4. The molecule has 1 amide bonds. The van der Waals surface area contributed by atoms with E-state index < -0.39 is 0 Å². The van der Waals surface area contributed by atoms with E-state index in [4.69, 9.17) is 15.2 Å². The molecule has 200 valence electrons. The first-order valence-electron chi connectivity index (χ1n) is 13.6. The van der Waals surface area contributed by atoms with Gasteiger partial charge < -0.3 is 25.4 Å². The zero-order valence-electron chi connectivity index (χ0n) is 22.0. The topological polar surface area (TPSA) is 105 Å². The number of fused-ring (bicyclic) bond motifs is 4. The molecule has 3 aromatic rings. The Hall–Kier alpha value is -3.95. The first-order valence-corrected chi connectivity index (χ1v) is 13.6. The maximum Gasteiger partial charge on any atom is 0.251 e. The minimum atomic E-state index is -0.0682. The highest BCUT2D eigenvalue weighted by Gasteiger charge is 2.59. The van der Waals surface area contributed by atoms with Gasteiger partial charge in [-0.3, -0.25) is 9.69 Å². The molecule has 3 aliphatic heterocycles. The third-order valence-corrected chi connectivity index (χ3v) is 8.17. The van der Waals surface area contributed by atoms with Gasteiger partial charge in [-0.1, -0.05) is 12.1 Å². The number of amidine groups is 1. The van der Waals surface area contributed by atoms with Crippen LogP contribution in [0.1, 0.15) is 39.4 Å². The molecule has 3 N–H and O–H groups in total. The van der Waals surface area contributed by atoms with Crippen molar-refractivity contribution < 1.29 is 14.3 Å². The summed E-state index contributed by atoms with van der Waals surface area (Å²) in [4.78, 5) is 26.5. The maximum absolute atomic E-state index is 13.0. The van der Waals surface area contributed by atoms with E-state index in [1.165, 1.54) is 5.56 Å². The third kappa shape index (κ3) is 4.72. The van der Waals surface area contributed by atoms with Crippen molar-refractivity contribution in [3.8, 4) is 17.2 Å². The van der Waals surface area contributed by atoms with Crippen molar-refractivity contribution in [2.24, 2.45) is 10.7 Å². The van der Waals surface area contributed by atoms with Crippen LogP contribution in [0.4, 0.5) is 5.82 Å². The summed E-state index contributed by atoms with van der Waals surface area (Å²) < 4.78 is 12.4. The van der Waals surface area contributed by atoms with Crippen molar-refractivity contribution in [3.63, 3.8) is 0 Å². The Kier molecular flexibility index (Phi) is 5.97. The summed E-state index contributed by atoms with van der Waals surface area (Å²) in [7, 11) is 2.16. The number of carbonyl (C=O) groups excluding carboxylic acids is 1. The van der Waals surface area contributed by atoms with Crippen molar-refractivity contribution >= 4 is 17.6 Å². The fourth-order valence-corrected chi connectivity index (χ4v) is 5.80. The number of amides is 1. The number of aliphatic imine (C=N–C) groups is 1.